The number of likely N-dealkylation sites (N-methyl/N-ethyl adjacent to an activating group) is 1. The first-order valence-corrected chi connectivity index (χ1v) is 24.5. The molecule has 0 spiro atoms. The largest absolute Gasteiger partial charge is 0.472 e. The zero-order valence-electron chi connectivity index (χ0n) is 35.6. The number of unbranched alkanes of at least 4 members (excludes halogenated alkanes) is 28. The quantitative estimate of drug-likeness (QED) is 0.0214. The van der Waals surface area contributed by atoms with Crippen LogP contribution >= 0.6 is 7.82 Å². The molecule has 0 saturated carbocycles. The molecule has 0 radical (unpaired) electrons. The van der Waals surface area contributed by atoms with Crippen molar-refractivity contribution >= 4 is 19.8 Å². The van der Waals surface area contributed by atoms with Gasteiger partial charge in [-0.25, -0.2) is 4.57 Å². The van der Waals surface area contributed by atoms with E-state index in [1.807, 2.05) is 0 Å². The first-order chi connectivity index (χ1) is 26.2. The van der Waals surface area contributed by atoms with Gasteiger partial charge in [0, 0.05) is 12.8 Å². The fourth-order valence-corrected chi connectivity index (χ4v) is 7.63. The monoisotopic (exact) mass is 789 g/mol. The number of carbonyl (C=O) groups excluding carboxylic acids is 2. The number of phosphoric ester groups is 1. The number of ether oxygens (including phenoxy) is 2. The summed E-state index contributed by atoms with van der Waals surface area (Å²) in [5, 5.41) is 0. The van der Waals surface area contributed by atoms with Crippen molar-refractivity contribution in [2.75, 3.05) is 46.5 Å². The van der Waals surface area contributed by atoms with Gasteiger partial charge in [-0.15, -0.1) is 0 Å². The Balaban J connectivity index is 2.22. The van der Waals surface area contributed by atoms with E-state index in [0.717, 1.165) is 56.1 Å². The molecule has 1 aliphatic rings. The Morgan fingerprint density at radius 3 is 1.26 bits per heavy atom. The molecular weight excluding hydrogens is 701 g/mol. The minimum Gasteiger partial charge on any atom is -0.462 e. The van der Waals surface area contributed by atoms with Crippen molar-refractivity contribution in [1.29, 1.82) is 0 Å². The Bertz CT molecular complexity index is 930. The number of hydrogen-bond donors (Lipinski definition) is 1. The molecule has 1 rings (SSSR count). The van der Waals surface area contributed by atoms with Crippen LogP contribution in [0.3, 0.4) is 0 Å². The van der Waals surface area contributed by atoms with Crippen molar-refractivity contribution in [3.8, 4) is 0 Å². The van der Waals surface area contributed by atoms with Crippen molar-refractivity contribution in [2.24, 2.45) is 0 Å². The van der Waals surface area contributed by atoms with Crippen LogP contribution < -0.4 is 0 Å². The Morgan fingerprint density at radius 1 is 0.537 bits per heavy atom. The number of phosphoric acid groups is 1. The first-order valence-electron chi connectivity index (χ1n) is 23.0. The Labute approximate surface area is 333 Å². The van der Waals surface area contributed by atoms with Gasteiger partial charge in [0.2, 0.25) is 0 Å². The van der Waals surface area contributed by atoms with Crippen LogP contribution in [0, 0.1) is 0 Å². The highest BCUT2D eigenvalue weighted by molar-refractivity contribution is 7.47. The zero-order valence-corrected chi connectivity index (χ0v) is 36.5. The van der Waals surface area contributed by atoms with Crippen LogP contribution in [0.4, 0.5) is 0 Å². The number of hydrogen-bond acceptors (Lipinski definition) is 7. The number of nitrogens with zero attached hydrogens (tertiary/aromatic N) is 1. The molecule has 1 fully saturated rings. The van der Waals surface area contributed by atoms with Crippen LogP contribution in [-0.4, -0.2) is 73.9 Å². The van der Waals surface area contributed by atoms with Crippen molar-refractivity contribution in [3.05, 3.63) is 0 Å². The van der Waals surface area contributed by atoms with E-state index in [2.05, 4.69) is 20.9 Å². The smallest absolute Gasteiger partial charge is 0.462 e. The molecule has 0 bridgehead atoms. The van der Waals surface area contributed by atoms with E-state index in [-0.39, 0.29) is 32.2 Å². The third kappa shape index (κ3) is 34.3. The summed E-state index contributed by atoms with van der Waals surface area (Å²) < 4.78 is 34.7. The summed E-state index contributed by atoms with van der Waals surface area (Å²) >= 11 is 0. The minimum atomic E-state index is -4.34. The SMILES string of the molecule is CCCCCCCCCCCCCCCCCC(=O)OC[C@H](COP(=O)(O)OCC[N+]1(C)CC1)OC(=O)CCCCCCCCCCCCCCCCC. The van der Waals surface area contributed by atoms with Gasteiger partial charge in [-0.1, -0.05) is 194 Å². The second kappa shape index (κ2) is 35.2. The summed E-state index contributed by atoms with van der Waals surface area (Å²) in [6.45, 7) is 6.72. The van der Waals surface area contributed by atoms with E-state index in [4.69, 9.17) is 18.5 Å². The van der Waals surface area contributed by atoms with E-state index in [0.29, 0.717) is 13.0 Å². The Morgan fingerprint density at radius 2 is 0.889 bits per heavy atom. The molecule has 0 aromatic rings. The van der Waals surface area contributed by atoms with E-state index < -0.39 is 19.9 Å². The number of esters is 2. The molecule has 1 aliphatic heterocycles. The van der Waals surface area contributed by atoms with Gasteiger partial charge in [0.25, 0.3) is 0 Å². The average molecular weight is 789 g/mol. The molecule has 2 atom stereocenters. The lowest BCUT2D eigenvalue weighted by Gasteiger charge is -2.20. The highest BCUT2D eigenvalue weighted by Crippen LogP contribution is 2.43. The van der Waals surface area contributed by atoms with Gasteiger partial charge in [0.15, 0.2) is 6.10 Å². The molecule has 9 nitrogen and oxygen atoms in total. The summed E-state index contributed by atoms with van der Waals surface area (Å²) in [7, 11) is -2.27. The maximum absolute atomic E-state index is 12.7. The third-order valence-corrected chi connectivity index (χ3v) is 12.0. The van der Waals surface area contributed by atoms with Crippen molar-refractivity contribution in [1.82, 2.24) is 0 Å². The molecule has 1 unspecified atom stereocenters. The summed E-state index contributed by atoms with van der Waals surface area (Å²) in [6.07, 6.45) is 37.2. The lowest BCUT2D eigenvalue weighted by atomic mass is 10.0. The highest BCUT2D eigenvalue weighted by Gasteiger charge is 2.37. The topological polar surface area (TPSA) is 108 Å². The van der Waals surface area contributed by atoms with Gasteiger partial charge < -0.3 is 18.9 Å². The lowest BCUT2D eigenvalue weighted by molar-refractivity contribution is -0.777. The molecule has 0 aliphatic carbocycles. The van der Waals surface area contributed by atoms with Crippen LogP contribution in [0.25, 0.3) is 0 Å². The Kier molecular flexibility index (Phi) is 33.3. The van der Waals surface area contributed by atoms with Gasteiger partial charge in [-0.3, -0.25) is 18.6 Å². The fourth-order valence-electron chi connectivity index (χ4n) is 6.89. The first kappa shape index (κ1) is 51.0. The molecule has 0 aromatic heterocycles. The summed E-state index contributed by atoms with van der Waals surface area (Å²) in [4.78, 5) is 35.4. The van der Waals surface area contributed by atoms with E-state index in [1.165, 1.54) is 154 Å². The second-order valence-electron chi connectivity index (χ2n) is 16.6. The molecule has 0 amide bonds. The fraction of sp³-hybridized carbons (Fsp3) is 0.955. The van der Waals surface area contributed by atoms with E-state index in [9.17, 15) is 19.0 Å². The van der Waals surface area contributed by atoms with Gasteiger partial charge >= 0.3 is 19.8 Å². The molecule has 1 N–H and O–H groups in total. The maximum Gasteiger partial charge on any atom is 0.472 e. The van der Waals surface area contributed by atoms with Crippen LogP contribution in [0.15, 0.2) is 0 Å². The molecule has 320 valence electrons. The van der Waals surface area contributed by atoms with Crippen LogP contribution in [0.5, 0.6) is 0 Å². The average Bonchev–Trinajstić information content (AvgIpc) is 3.88. The summed E-state index contributed by atoms with van der Waals surface area (Å²) in [5.74, 6) is -0.767. The van der Waals surface area contributed by atoms with Gasteiger partial charge in [0.1, 0.15) is 32.8 Å². The predicted octanol–water partition coefficient (Wildman–Crippen LogP) is 12.6. The molecule has 0 aromatic carbocycles. The van der Waals surface area contributed by atoms with Crippen molar-refractivity contribution in [2.45, 2.75) is 225 Å². The lowest BCUT2D eigenvalue weighted by Crippen LogP contribution is -2.30. The third-order valence-electron chi connectivity index (χ3n) is 11.0. The number of quaternary nitrogens is 1. The molecule has 1 heterocycles. The van der Waals surface area contributed by atoms with Crippen molar-refractivity contribution < 1.29 is 42.1 Å². The van der Waals surface area contributed by atoms with Gasteiger partial charge in [-0.05, 0) is 12.8 Å². The molecule has 54 heavy (non-hydrogen) atoms. The maximum atomic E-state index is 12.7. The Hall–Kier alpha value is -0.990. The predicted molar refractivity (Wildman–Crippen MR) is 222 cm³/mol. The standard InChI is InChI=1S/C44H86NO8P/c1-4-6-8-10-12-14-16-18-20-22-24-26-28-30-32-34-43(46)50-40-42(41-52-54(48,49)51-39-38-45(3)36-37-45)53-44(47)35-33-31-29-27-25-23-21-19-17-15-13-11-9-7-5-2/h42H,4-41H2,1-3H3/p+1/t42-/m1/s1. The number of carbonyl (C=O) groups is 2. The molecular formula is C44H87NO8P+. The number of rotatable bonds is 42. The normalized spacial score (nSPS) is 15.2. The highest BCUT2D eigenvalue weighted by atomic mass is 31.2. The van der Waals surface area contributed by atoms with Crippen molar-refractivity contribution in [3.63, 3.8) is 0 Å². The van der Waals surface area contributed by atoms with E-state index in [1.54, 1.807) is 0 Å². The van der Waals surface area contributed by atoms with Crippen LogP contribution in [-0.2, 0) is 32.7 Å². The van der Waals surface area contributed by atoms with Crippen LogP contribution in [0.1, 0.15) is 219 Å². The minimum absolute atomic E-state index is 0.0994. The summed E-state index contributed by atoms with van der Waals surface area (Å²) in [6, 6.07) is 0. The second-order valence-corrected chi connectivity index (χ2v) is 18.0. The van der Waals surface area contributed by atoms with Gasteiger partial charge in [0.05, 0.1) is 13.7 Å². The summed E-state index contributed by atoms with van der Waals surface area (Å²) in [5.41, 5.74) is 0. The van der Waals surface area contributed by atoms with Gasteiger partial charge in [-0.2, -0.15) is 0 Å². The molecule has 10 heteroatoms. The van der Waals surface area contributed by atoms with Crippen LogP contribution in [0.2, 0.25) is 0 Å². The molecule has 1 saturated heterocycles. The van der Waals surface area contributed by atoms with E-state index >= 15 is 0 Å². The zero-order chi connectivity index (χ0) is 39.4.